The molecule has 1 aromatic carbocycles. The number of benzene rings is 1. The van der Waals surface area contributed by atoms with E-state index in [9.17, 15) is 4.79 Å². The number of rotatable bonds is 1. The summed E-state index contributed by atoms with van der Waals surface area (Å²) in [5.74, 6) is -0.0802. The minimum absolute atomic E-state index is 0.0802. The fourth-order valence-electron chi connectivity index (χ4n) is 0.927. The van der Waals surface area contributed by atoms with Gasteiger partial charge in [0.05, 0.1) is 5.56 Å². The predicted octanol–water partition coefficient (Wildman–Crippen LogP) is 3.02. The lowest BCUT2D eigenvalue weighted by Gasteiger charge is -2.02. The number of carbonyl (C=O) groups excluding carboxylic acids is 1. The highest BCUT2D eigenvalue weighted by Crippen LogP contribution is 2.22. The van der Waals surface area contributed by atoms with Crippen LogP contribution in [0.5, 0.6) is 0 Å². The first-order valence-corrected chi connectivity index (χ1v) is 4.92. The van der Waals surface area contributed by atoms with Gasteiger partial charge in [-0.25, -0.2) is 0 Å². The van der Waals surface area contributed by atoms with Gasteiger partial charge in [0.15, 0.2) is 5.78 Å². The van der Waals surface area contributed by atoms with Crippen LogP contribution in [0.1, 0.15) is 22.8 Å². The average molecular weight is 306 g/mol. The van der Waals surface area contributed by atoms with Crippen molar-refractivity contribution in [2.45, 2.75) is 6.92 Å². The molecule has 0 saturated heterocycles. The number of carbonyl (C=O) groups is 1. The summed E-state index contributed by atoms with van der Waals surface area (Å²) in [6.07, 6.45) is 0. The third kappa shape index (κ3) is 2.20. The van der Waals surface area contributed by atoms with Crippen molar-refractivity contribution in [2.24, 2.45) is 0 Å². The maximum absolute atomic E-state index is 11.1. The number of halogens is 2. The number of Topliss-reactive ketones (excluding diaryl/α,β-unsaturated/α-hetero) is 1. The van der Waals surface area contributed by atoms with Gasteiger partial charge in [-0.15, -0.1) is 0 Å². The second-order valence-electron chi connectivity index (χ2n) is 2.48. The molecule has 0 unspecified atom stereocenters. The van der Waals surface area contributed by atoms with Crippen LogP contribution in [0.4, 0.5) is 0 Å². The maximum Gasteiger partial charge on any atom is 0.160 e. The van der Waals surface area contributed by atoms with Crippen molar-refractivity contribution < 1.29 is 4.79 Å². The van der Waals surface area contributed by atoms with E-state index in [-0.39, 0.29) is 5.78 Å². The average Bonchev–Trinajstić information content (AvgIpc) is 2.08. The number of nitriles is 1. The Bertz CT molecular complexity index is 409. The van der Waals surface area contributed by atoms with E-state index in [0.717, 1.165) is 0 Å². The Balaban J connectivity index is 3.47. The molecule has 0 aliphatic rings. The zero-order valence-corrected chi connectivity index (χ0v) is 9.68. The summed E-state index contributed by atoms with van der Waals surface area (Å²) in [4.78, 5) is 11.1. The molecular formula is C9H5ClINO. The summed E-state index contributed by atoms with van der Waals surface area (Å²) in [7, 11) is 0. The maximum atomic E-state index is 11.1. The van der Waals surface area contributed by atoms with E-state index in [1.807, 2.05) is 28.7 Å². The second kappa shape index (κ2) is 4.07. The standard InChI is InChI=1S/C9H5ClINO/c1-5(13)8-3-7(10)2-6(4-12)9(8)11/h2-3H,1H3. The van der Waals surface area contributed by atoms with Crippen LogP contribution in [0.15, 0.2) is 12.1 Å². The topological polar surface area (TPSA) is 40.9 Å². The first-order valence-electron chi connectivity index (χ1n) is 3.46. The Morgan fingerprint density at radius 1 is 1.62 bits per heavy atom. The molecule has 0 saturated carbocycles. The van der Waals surface area contributed by atoms with Crippen molar-refractivity contribution in [1.29, 1.82) is 5.26 Å². The van der Waals surface area contributed by atoms with E-state index in [1.54, 1.807) is 12.1 Å². The molecule has 13 heavy (non-hydrogen) atoms. The lowest BCUT2D eigenvalue weighted by molar-refractivity contribution is 0.101. The van der Waals surface area contributed by atoms with Gasteiger partial charge in [-0.2, -0.15) is 5.26 Å². The largest absolute Gasteiger partial charge is 0.294 e. The van der Waals surface area contributed by atoms with Crippen molar-refractivity contribution in [1.82, 2.24) is 0 Å². The lowest BCUT2D eigenvalue weighted by Crippen LogP contribution is -1.98. The van der Waals surface area contributed by atoms with Gasteiger partial charge in [-0.05, 0) is 41.6 Å². The van der Waals surface area contributed by atoms with Crippen molar-refractivity contribution in [3.63, 3.8) is 0 Å². The molecule has 1 aromatic rings. The number of hydrogen-bond donors (Lipinski definition) is 0. The molecule has 0 aliphatic heterocycles. The van der Waals surface area contributed by atoms with Crippen LogP contribution >= 0.6 is 34.2 Å². The molecule has 66 valence electrons. The quantitative estimate of drug-likeness (QED) is 0.591. The van der Waals surface area contributed by atoms with Crippen LogP contribution in [0.2, 0.25) is 5.02 Å². The highest BCUT2D eigenvalue weighted by Gasteiger charge is 2.10. The molecule has 0 radical (unpaired) electrons. The van der Waals surface area contributed by atoms with Gasteiger partial charge in [0.25, 0.3) is 0 Å². The zero-order valence-electron chi connectivity index (χ0n) is 6.77. The molecule has 0 fully saturated rings. The molecule has 0 spiro atoms. The molecule has 1 rings (SSSR count). The highest BCUT2D eigenvalue weighted by atomic mass is 127. The Morgan fingerprint density at radius 2 is 2.23 bits per heavy atom. The van der Waals surface area contributed by atoms with Crippen LogP contribution in [-0.4, -0.2) is 5.78 Å². The smallest absolute Gasteiger partial charge is 0.160 e. The number of nitrogens with zero attached hydrogens (tertiary/aromatic N) is 1. The first kappa shape index (κ1) is 10.5. The van der Waals surface area contributed by atoms with Crippen molar-refractivity contribution >= 4 is 40.0 Å². The number of ketones is 1. The third-order valence-electron chi connectivity index (χ3n) is 1.54. The molecule has 0 N–H and O–H groups in total. The van der Waals surface area contributed by atoms with E-state index < -0.39 is 0 Å². The summed E-state index contributed by atoms with van der Waals surface area (Å²) in [5.41, 5.74) is 0.947. The molecule has 0 aliphatic carbocycles. The zero-order chi connectivity index (χ0) is 10.0. The highest BCUT2D eigenvalue weighted by molar-refractivity contribution is 14.1. The third-order valence-corrected chi connectivity index (χ3v) is 2.92. The predicted molar refractivity (Wildman–Crippen MR) is 58.9 cm³/mol. The van der Waals surface area contributed by atoms with Gasteiger partial charge in [0, 0.05) is 14.2 Å². The Morgan fingerprint density at radius 3 is 2.69 bits per heavy atom. The fourth-order valence-corrected chi connectivity index (χ4v) is 1.96. The molecule has 4 heteroatoms. The lowest BCUT2D eigenvalue weighted by atomic mass is 10.1. The normalized spacial score (nSPS) is 9.38. The van der Waals surface area contributed by atoms with E-state index in [2.05, 4.69) is 0 Å². The molecule has 0 bridgehead atoms. The number of hydrogen-bond acceptors (Lipinski definition) is 2. The Labute approximate surface area is 94.6 Å². The molecular weight excluding hydrogens is 300 g/mol. The molecule has 0 amide bonds. The summed E-state index contributed by atoms with van der Waals surface area (Å²) < 4.78 is 0.664. The van der Waals surface area contributed by atoms with Crippen molar-refractivity contribution in [3.05, 3.63) is 31.9 Å². The van der Waals surface area contributed by atoms with Gasteiger partial charge in [-0.1, -0.05) is 11.6 Å². The first-order chi connectivity index (χ1) is 6.06. The summed E-state index contributed by atoms with van der Waals surface area (Å²) in [5, 5.41) is 9.14. The Kier molecular flexibility index (Phi) is 3.28. The summed E-state index contributed by atoms with van der Waals surface area (Å²) in [6, 6.07) is 5.11. The minimum atomic E-state index is -0.0802. The van der Waals surface area contributed by atoms with Crippen LogP contribution < -0.4 is 0 Å². The monoisotopic (exact) mass is 305 g/mol. The van der Waals surface area contributed by atoms with Gasteiger partial charge in [0.2, 0.25) is 0 Å². The minimum Gasteiger partial charge on any atom is -0.294 e. The van der Waals surface area contributed by atoms with E-state index in [1.165, 1.54) is 6.92 Å². The molecule has 0 heterocycles. The van der Waals surface area contributed by atoms with Crippen molar-refractivity contribution in [2.75, 3.05) is 0 Å². The summed E-state index contributed by atoms with van der Waals surface area (Å²) >= 11 is 7.71. The molecule has 0 atom stereocenters. The van der Waals surface area contributed by atoms with Gasteiger partial charge >= 0.3 is 0 Å². The van der Waals surface area contributed by atoms with Gasteiger partial charge in [-0.3, -0.25) is 4.79 Å². The van der Waals surface area contributed by atoms with Crippen LogP contribution in [0.3, 0.4) is 0 Å². The van der Waals surface area contributed by atoms with Crippen molar-refractivity contribution in [3.8, 4) is 6.07 Å². The van der Waals surface area contributed by atoms with Crippen LogP contribution in [-0.2, 0) is 0 Å². The summed E-state index contributed by atoms with van der Waals surface area (Å²) in [6.45, 7) is 1.45. The SMILES string of the molecule is CC(=O)c1cc(Cl)cc(C#N)c1I. The molecule has 2 nitrogen and oxygen atoms in total. The Hall–Kier alpha value is -0.600. The fraction of sp³-hybridized carbons (Fsp3) is 0.111. The molecule has 0 aromatic heterocycles. The van der Waals surface area contributed by atoms with Gasteiger partial charge in [0.1, 0.15) is 6.07 Å². The van der Waals surface area contributed by atoms with Gasteiger partial charge < -0.3 is 0 Å². The van der Waals surface area contributed by atoms with E-state index >= 15 is 0 Å². The van der Waals surface area contributed by atoms with E-state index in [4.69, 9.17) is 16.9 Å². The van der Waals surface area contributed by atoms with Crippen LogP contribution in [0.25, 0.3) is 0 Å². The second-order valence-corrected chi connectivity index (χ2v) is 4.00. The van der Waals surface area contributed by atoms with E-state index in [0.29, 0.717) is 19.7 Å². The van der Waals surface area contributed by atoms with Crippen LogP contribution in [0, 0.1) is 14.9 Å².